The average molecular weight is 136 g/mol. The van der Waals surface area contributed by atoms with Gasteiger partial charge in [-0.25, -0.2) is 0 Å². The standard InChI is InChI=1S/C8H12N2/c1-6(9)7-3-2-4-8(10)5-7/h2-6H,9-10H2,1H3. The van der Waals surface area contributed by atoms with Gasteiger partial charge in [0.25, 0.3) is 0 Å². The van der Waals surface area contributed by atoms with Crippen molar-refractivity contribution in [2.45, 2.75) is 13.0 Å². The van der Waals surface area contributed by atoms with Gasteiger partial charge in [0.2, 0.25) is 0 Å². The fraction of sp³-hybridized carbons (Fsp3) is 0.250. The van der Waals surface area contributed by atoms with Crippen LogP contribution in [0.25, 0.3) is 0 Å². The first kappa shape index (κ1) is 7.09. The van der Waals surface area contributed by atoms with Crippen molar-refractivity contribution in [2.75, 3.05) is 5.73 Å². The van der Waals surface area contributed by atoms with E-state index in [9.17, 15) is 0 Å². The zero-order valence-electron chi connectivity index (χ0n) is 6.04. The van der Waals surface area contributed by atoms with Gasteiger partial charge in [-0.15, -0.1) is 0 Å². The summed E-state index contributed by atoms with van der Waals surface area (Å²) in [6, 6.07) is 7.70. The maximum atomic E-state index is 5.63. The summed E-state index contributed by atoms with van der Waals surface area (Å²) in [4.78, 5) is 0. The molecule has 0 radical (unpaired) electrons. The zero-order valence-corrected chi connectivity index (χ0v) is 6.04. The second kappa shape index (κ2) is 2.71. The number of hydrogen-bond acceptors (Lipinski definition) is 2. The van der Waals surface area contributed by atoms with Crippen LogP contribution < -0.4 is 11.5 Å². The molecular formula is C8H12N2. The van der Waals surface area contributed by atoms with E-state index in [0.29, 0.717) is 0 Å². The minimum Gasteiger partial charge on any atom is -0.399 e. The second-order valence-electron chi connectivity index (χ2n) is 2.46. The Morgan fingerprint density at radius 1 is 1.40 bits per heavy atom. The molecule has 0 fully saturated rings. The minimum atomic E-state index is 0.0727. The summed E-state index contributed by atoms with van der Waals surface area (Å²) in [5.41, 5.74) is 13.0. The highest BCUT2D eigenvalue weighted by molar-refractivity contribution is 5.41. The third-order valence-electron chi connectivity index (χ3n) is 1.44. The number of nitrogen functional groups attached to an aromatic ring is 1. The molecule has 0 amide bonds. The quantitative estimate of drug-likeness (QED) is 0.571. The van der Waals surface area contributed by atoms with Crippen LogP contribution in [0.4, 0.5) is 5.69 Å². The Morgan fingerprint density at radius 2 is 2.10 bits per heavy atom. The van der Waals surface area contributed by atoms with Gasteiger partial charge in [0.15, 0.2) is 0 Å². The molecule has 2 nitrogen and oxygen atoms in total. The van der Waals surface area contributed by atoms with Gasteiger partial charge in [-0.3, -0.25) is 0 Å². The summed E-state index contributed by atoms with van der Waals surface area (Å²) in [5.74, 6) is 0. The van der Waals surface area contributed by atoms with Gasteiger partial charge in [-0.2, -0.15) is 0 Å². The monoisotopic (exact) mass is 136 g/mol. The molecule has 54 valence electrons. The SMILES string of the molecule is CC(N)c1cccc(N)c1. The number of hydrogen-bond donors (Lipinski definition) is 2. The lowest BCUT2D eigenvalue weighted by Gasteiger charge is -2.04. The number of nitrogens with two attached hydrogens (primary N) is 2. The first-order valence-electron chi connectivity index (χ1n) is 3.31. The molecular weight excluding hydrogens is 124 g/mol. The van der Waals surface area contributed by atoms with Gasteiger partial charge >= 0.3 is 0 Å². The molecule has 0 aliphatic carbocycles. The fourth-order valence-electron chi connectivity index (χ4n) is 0.842. The highest BCUT2D eigenvalue weighted by Gasteiger charge is 1.96. The Morgan fingerprint density at radius 3 is 2.50 bits per heavy atom. The summed E-state index contributed by atoms with van der Waals surface area (Å²) >= 11 is 0. The first-order valence-corrected chi connectivity index (χ1v) is 3.31. The molecule has 0 spiro atoms. The molecule has 1 aromatic rings. The first-order chi connectivity index (χ1) is 4.70. The molecule has 0 bridgehead atoms. The van der Waals surface area contributed by atoms with Crippen LogP contribution in [-0.2, 0) is 0 Å². The Bertz CT molecular complexity index is 218. The van der Waals surface area contributed by atoms with Gasteiger partial charge in [0.05, 0.1) is 0 Å². The van der Waals surface area contributed by atoms with Crippen molar-refractivity contribution in [2.24, 2.45) is 5.73 Å². The molecule has 0 aliphatic rings. The van der Waals surface area contributed by atoms with Crippen molar-refractivity contribution in [3.63, 3.8) is 0 Å². The van der Waals surface area contributed by atoms with Gasteiger partial charge in [-0.05, 0) is 24.6 Å². The van der Waals surface area contributed by atoms with Crippen molar-refractivity contribution in [3.05, 3.63) is 29.8 Å². The van der Waals surface area contributed by atoms with Gasteiger partial charge < -0.3 is 11.5 Å². The molecule has 0 heterocycles. The molecule has 1 unspecified atom stereocenters. The minimum absolute atomic E-state index is 0.0727. The van der Waals surface area contributed by atoms with E-state index in [4.69, 9.17) is 11.5 Å². The Kier molecular flexibility index (Phi) is 1.92. The molecule has 2 heteroatoms. The maximum Gasteiger partial charge on any atom is 0.0317 e. The van der Waals surface area contributed by atoms with E-state index in [2.05, 4.69) is 0 Å². The van der Waals surface area contributed by atoms with Crippen molar-refractivity contribution in [1.82, 2.24) is 0 Å². The van der Waals surface area contributed by atoms with Crippen molar-refractivity contribution < 1.29 is 0 Å². The Labute approximate surface area is 60.8 Å². The molecule has 1 aromatic carbocycles. The van der Waals surface area contributed by atoms with Gasteiger partial charge in [0.1, 0.15) is 0 Å². The predicted molar refractivity (Wildman–Crippen MR) is 43.5 cm³/mol. The predicted octanol–water partition coefficient (Wildman–Crippen LogP) is 1.29. The van der Waals surface area contributed by atoms with Gasteiger partial charge in [-0.1, -0.05) is 12.1 Å². The summed E-state index contributed by atoms with van der Waals surface area (Å²) < 4.78 is 0. The van der Waals surface area contributed by atoms with Crippen molar-refractivity contribution in [1.29, 1.82) is 0 Å². The largest absolute Gasteiger partial charge is 0.399 e. The number of rotatable bonds is 1. The summed E-state index contributed by atoms with van der Waals surface area (Å²) in [6.07, 6.45) is 0. The van der Waals surface area contributed by atoms with Crippen LogP contribution in [0, 0.1) is 0 Å². The third-order valence-corrected chi connectivity index (χ3v) is 1.44. The number of benzene rings is 1. The van der Waals surface area contributed by atoms with Crippen LogP contribution in [0.3, 0.4) is 0 Å². The topological polar surface area (TPSA) is 52.0 Å². The second-order valence-corrected chi connectivity index (χ2v) is 2.46. The van der Waals surface area contributed by atoms with E-state index in [1.54, 1.807) is 0 Å². The Hall–Kier alpha value is -1.02. The molecule has 0 aromatic heterocycles. The van der Waals surface area contributed by atoms with Crippen LogP contribution >= 0.6 is 0 Å². The smallest absolute Gasteiger partial charge is 0.0317 e. The molecule has 1 atom stereocenters. The lowest BCUT2D eigenvalue weighted by atomic mass is 10.1. The molecule has 0 saturated heterocycles. The van der Waals surface area contributed by atoms with E-state index in [-0.39, 0.29) is 6.04 Å². The van der Waals surface area contributed by atoms with Crippen LogP contribution in [0.15, 0.2) is 24.3 Å². The summed E-state index contributed by atoms with van der Waals surface area (Å²) in [7, 11) is 0. The molecule has 1 rings (SSSR count). The molecule has 0 aliphatic heterocycles. The van der Waals surface area contributed by atoms with Gasteiger partial charge in [0, 0.05) is 11.7 Å². The lowest BCUT2D eigenvalue weighted by Crippen LogP contribution is -2.04. The van der Waals surface area contributed by atoms with E-state index in [1.807, 2.05) is 31.2 Å². The summed E-state index contributed by atoms with van der Waals surface area (Å²) in [5, 5.41) is 0. The van der Waals surface area contributed by atoms with Crippen LogP contribution in [0.1, 0.15) is 18.5 Å². The van der Waals surface area contributed by atoms with Crippen molar-refractivity contribution in [3.8, 4) is 0 Å². The zero-order chi connectivity index (χ0) is 7.56. The van der Waals surface area contributed by atoms with E-state index in [1.165, 1.54) is 0 Å². The van der Waals surface area contributed by atoms with Crippen LogP contribution in [-0.4, -0.2) is 0 Å². The van der Waals surface area contributed by atoms with Crippen LogP contribution in [0.5, 0.6) is 0 Å². The maximum absolute atomic E-state index is 5.63. The van der Waals surface area contributed by atoms with Crippen molar-refractivity contribution >= 4 is 5.69 Å². The molecule has 4 N–H and O–H groups in total. The lowest BCUT2D eigenvalue weighted by molar-refractivity contribution is 0.819. The molecule has 10 heavy (non-hydrogen) atoms. The third kappa shape index (κ3) is 1.48. The summed E-state index contributed by atoms with van der Waals surface area (Å²) in [6.45, 7) is 1.94. The van der Waals surface area contributed by atoms with E-state index < -0.39 is 0 Å². The normalized spacial score (nSPS) is 13.0. The Balaban J connectivity index is 2.96. The highest BCUT2D eigenvalue weighted by Crippen LogP contribution is 2.12. The van der Waals surface area contributed by atoms with E-state index >= 15 is 0 Å². The highest BCUT2D eigenvalue weighted by atomic mass is 14.6. The fourth-order valence-corrected chi connectivity index (χ4v) is 0.842. The van der Waals surface area contributed by atoms with E-state index in [0.717, 1.165) is 11.3 Å². The number of anilines is 1. The average Bonchev–Trinajstić information content (AvgIpc) is 1.88. The molecule has 0 saturated carbocycles. The van der Waals surface area contributed by atoms with Crippen LogP contribution in [0.2, 0.25) is 0 Å².